The van der Waals surface area contributed by atoms with Gasteiger partial charge in [-0.25, -0.2) is 17.9 Å². The van der Waals surface area contributed by atoms with Crippen molar-refractivity contribution in [3.63, 3.8) is 0 Å². The summed E-state index contributed by atoms with van der Waals surface area (Å²) in [5, 5.41) is 7.75. The Bertz CT molecular complexity index is 1430. The molecule has 0 aliphatic carbocycles. The molecule has 0 fully saturated rings. The molecule has 0 radical (unpaired) electrons. The number of fused-ring (bicyclic) bond motifs is 1. The number of benzene rings is 3. The Balaban J connectivity index is 1.84. The topological polar surface area (TPSA) is 98.5 Å². The third-order valence-corrected chi connectivity index (χ3v) is 6.66. The number of anilines is 1. The Morgan fingerprint density at radius 2 is 1.80 bits per heavy atom. The number of carbonyl (C=O) groups is 1. The molecule has 184 valence electrons. The summed E-state index contributed by atoms with van der Waals surface area (Å²) in [5.74, 6) is -3.21. The van der Waals surface area contributed by atoms with Crippen LogP contribution in [0.5, 0.6) is 5.75 Å². The summed E-state index contributed by atoms with van der Waals surface area (Å²) in [6.07, 6.45) is -4.78. The van der Waals surface area contributed by atoms with Crippen LogP contribution in [0, 0.1) is 5.82 Å². The fourth-order valence-electron chi connectivity index (χ4n) is 3.96. The molecule has 1 atom stereocenters. The molecule has 1 amide bonds. The van der Waals surface area contributed by atoms with Gasteiger partial charge in [0.2, 0.25) is 10.0 Å². The van der Waals surface area contributed by atoms with E-state index in [1.807, 2.05) is 0 Å². The van der Waals surface area contributed by atoms with Gasteiger partial charge in [0.05, 0.1) is 22.6 Å². The predicted molar refractivity (Wildman–Crippen MR) is 121 cm³/mol. The summed E-state index contributed by atoms with van der Waals surface area (Å²) in [7, 11) is -4.12. The van der Waals surface area contributed by atoms with Gasteiger partial charge < -0.3 is 10.1 Å². The van der Waals surface area contributed by atoms with Gasteiger partial charge in [-0.05, 0) is 48.4 Å². The number of halogens is 5. The van der Waals surface area contributed by atoms with E-state index in [-0.39, 0.29) is 29.2 Å². The Labute approximate surface area is 202 Å². The molecule has 12 heteroatoms. The predicted octanol–water partition coefficient (Wildman–Crippen LogP) is 5.31. The van der Waals surface area contributed by atoms with E-state index >= 15 is 4.39 Å². The highest BCUT2D eigenvalue weighted by Gasteiger charge is 2.38. The molecule has 35 heavy (non-hydrogen) atoms. The molecule has 6 nitrogen and oxygen atoms in total. The Morgan fingerprint density at radius 1 is 1.09 bits per heavy atom. The number of sulfonamides is 1. The van der Waals surface area contributed by atoms with Crippen LogP contribution in [0.4, 0.5) is 23.2 Å². The molecule has 0 bridgehead atoms. The van der Waals surface area contributed by atoms with Gasteiger partial charge in [0.15, 0.2) is 0 Å². The lowest BCUT2D eigenvalue weighted by Gasteiger charge is -2.28. The second kappa shape index (κ2) is 9.14. The molecule has 1 unspecified atom stereocenters. The fraction of sp³-hybridized carbons (Fsp3) is 0.174. The van der Waals surface area contributed by atoms with E-state index in [4.69, 9.17) is 21.5 Å². The summed E-state index contributed by atoms with van der Waals surface area (Å²) in [5.41, 5.74) is -1.96. The lowest BCUT2D eigenvalue weighted by atomic mass is 9.83. The van der Waals surface area contributed by atoms with Gasteiger partial charge in [-0.3, -0.25) is 4.79 Å². The lowest BCUT2D eigenvalue weighted by molar-refractivity contribution is -0.140. The van der Waals surface area contributed by atoms with Gasteiger partial charge in [0.1, 0.15) is 11.6 Å². The number of nitrogens with two attached hydrogens (primary N) is 1. The van der Waals surface area contributed by atoms with Gasteiger partial charge in [0, 0.05) is 22.2 Å². The Hall–Kier alpha value is -3.15. The SMILES string of the molecule is NS(=O)(=O)c1cccc(NC(=O)c2c(C3CCOc4cc(Cl)ccc43)ccc(C(F)(F)F)c2F)c1. The first kappa shape index (κ1) is 25.0. The fourth-order valence-corrected chi connectivity index (χ4v) is 4.68. The highest BCUT2D eigenvalue weighted by molar-refractivity contribution is 7.89. The number of nitrogens with one attached hydrogen (secondary N) is 1. The molecule has 1 heterocycles. The minimum Gasteiger partial charge on any atom is -0.493 e. The minimum absolute atomic E-state index is 0.0162. The zero-order valence-corrected chi connectivity index (χ0v) is 19.3. The average Bonchev–Trinajstić information content (AvgIpc) is 2.77. The van der Waals surface area contributed by atoms with Crippen molar-refractivity contribution in [3.05, 3.63) is 87.7 Å². The molecule has 0 saturated heterocycles. The zero-order chi connectivity index (χ0) is 25.5. The molecule has 0 spiro atoms. The normalized spacial score (nSPS) is 15.8. The quantitative estimate of drug-likeness (QED) is 0.448. The Morgan fingerprint density at radius 3 is 2.49 bits per heavy atom. The van der Waals surface area contributed by atoms with Crippen LogP contribution >= 0.6 is 11.6 Å². The molecule has 1 aliphatic rings. The number of hydrogen-bond acceptors (Lipinski definition) is 4. The van der Waals surface area contributed by atoms with Crippen molar-refractivity contribution >= 4 is 33.2 Å². The van der Waals surface area contributed by atoms with Crippen molar-refractivity contribution in [2.75, 3.05) is 11.9 Å². The van der Waals surface area contributed by atoms with Gasteiger partial charge in [-0.1, -0.05) is 29.8 Å². The highest BCUT2D eigenvalue weighted by atomic mass is 35.5. The van der Waals surface area contributed by atoms with Crippen molar-refractivity contribution in [3.8, 4) is 5.75 Å². The van der Waals surface area contributed by atoms with Gasteiger partial charge in [-0.15, -0.1) is 0 Å². The summed E-state index contributed by atoms with van der Waals surface area (Å²) >= 11 is 6.00. The number of amides is 1. The first-order chi connectivity index (χ1) is 16.4. The van der Waals surface area contributed by atoms with Crippen LogP contribution in [0.3, 0.4) is 0 Å². The van der Waals surface area contributed by atoms with Crippen LogP contribution in [0.25, 0.3) is 0 Å². The monoisotopic (exact) mass is 528 g/mol. The van der Waals surface area contributed by atoms with Gasteiger partial charge in [-0.2, -0.15) is 13.2 Å². The Kier molecular flexibility index (Phi) is 6.52. The number of ether oxygens (including phenoxy) is 1. The summed E-state index contributed by atoms with van der Waals surface area (Å²) in [4.78, 5) is 12.8. The number of primary sulfonamides is 1. The largest absolute Gasteiger partial charge is 0.493 e. The maximum absolute atomic E-state index is 15.3. The average molecular weight is 529 g/mol. The van der Waals surface area contributed by atoms with E-state index in [0.717, 1.165) is 12.1 Å². The van der Waals surface area contributed by atoms with Crippen LogP contribution in [0.1, 0.15) is 39.4 Å². The van der Waals surface area contributed by atoms with E-state index in [1.165, 1.54) is 24.3 Å². The van der Waals surface area contributed by atoms with Crippen molar-refractivity contribution < 1.29 is 35.5 Å². The summed E-state index contributed by atoms with van der Waals surface area (Å²) < 4.78 is 84.5. The van der Waals surface area contributed by atoms with E-state index in [1.54, 1.807) is 12.1 Å². The summed E-state index contributed by atoms with van der Waals surface area (Å²) in [6, 6.07) is 11.1. The van der Waals surface area contributed by atoms with Crippen molar-refractivity contribution in [2.45, 2.75) is 23.4 Å². The van der Waals surface area contributed by atoms with E-state index in [0.29, 0.717) is 22.4 Å². The lowest BCUT2D eigenvalue weighted by Crippen LogP contribution is -2.24. The molecular weight excluding hydrogens is 512 g/mol. The third-order valence-electron chi connectivity index (χ3n) is 5.52. The number of carbonyl (C=O) groups excluding carboxylic acids is 1. The van der Waals surface area contributed by atoms with Crippen LogP contribution in [0.15, 0.2) is 59.5 Å². The van der Waals surface area contributed by atoms with E-state index < -0.39 is 45.0 Å². The molecule has 4 rings (SSSR count). The number of hydrogen-bond donors (Lipinski definition) is 2. The van der Waals surface area contributed by atoms with Crippen molar-refractivity contribution in [1.29, 1.82) is 0 Å². The molecule has 0 saturated carbocycles. The maximum Gasteiger partial charge on any atom is 0.419 e. The number of alkyl halides is 3. The third kappa shape index (κ3) is 5.12. The zero-order valence-electron chi connectivity index (χ0n) is 17.7. The van der Waals surface area contributed by atoms with Crippen LogP contribution in [0.2, 0.25) is 5.02 Å². The number of rotatable bonds is 4. The van der Waals surface area contributed by atoms with Crippen molar-refractivity contribution in [1.82, 2.24) is 0 Å². The van der Waals surface area contributed by atoms with Gasteiger partial charge >= 0.3 is 6.18 Å². The van der Waals surface area contributed by atoms with Crippen LogP contribution < -0.4 is 15.2 Å². The minimum atomic E-state index is -5.05. The maximum atomic E-state index is 15.3. The molecule has 0 aromatic heterocycles. The smallest absolute Gasteiger partial charge is 0.419 e. The standard InChI is InChI=1S/C23H17ClF4N2O4S/c24-12-4-5-16-15(8-9-34-19(16)10-12)17-6-7-18(23(26,27)28)21(25)20(17)22(31)30-13-2-1-3-14(11-13)35(29,32)33/h1-7,10-11,15H,8-9H2,(H,30,31)(H2,29,32,33). The molecule has 3 N–H and O–H groups in total. The van der Waals surface area contributed by atoms with Crippen LogP contribution in [-0.4, -0.2) is 20.9 Å². The summed E-state index contributed by atoms with van der Waals surface area (Å²) in [6.45, 7) is 0.165. The van der Waals surface area contributed by atoms with E-state index in [9.17, 15) is 26.4 Å². The highest BCUT2D eigenvalue weighted by Crippen LogP contribution is 2.43. The molecule has 3 aromatic rings. The first-order valence-electron chi connectivity index (χ1n) is 10.1. The van der Waals surface area contributed by atoms with Crippen molar-refractivity contribution in [2.24, 2.45) is 5.14 Å². The first-order valence-corrected chi connectivity index (χ1v) is 12.0. The second-order valence-electron chi connectivity index (χ2n) is 7.79. The molecule has 1 aliphatic heterocycles. The second-order valence-corrected chi connectivity index (χ2v) is 9.79. The molecular formula is C23H17ClF4N2O4S. The van der Waals surface area contributed by atoms with Crippen LogP contribution in [-0.2, 0) is 16.2 Å². The van der Waals surface area contributed by atoms with Gasteiger partial charge in [0.25, 0.3) is 5.91 Å². The van der Waals surface area contributed by atoms with E-state index in [2.05, 4.69) is 5.32 Å². The molecule has 3 aromatic carbocycles.